The van der Waals surface area contributed by atoms with Gasteiger partial charge < -0.3 is 10.6 Å². The van der Waals surface area contributed by atoms with E-state index in [1.807, 2.05) is 0 Å². The Bertz CT molecular complexity index is 183. The van der Waals surface area contributed by atoms with Gasteiger partial charge in [0.2, 0.25) is 0 Å². The highest BCUT2D eigenvalue weighted by Gasteiger charge is 2.31. The molecule has 0 radical (unpaired) electrons. The number of nitrogens with zero attached hydrogens (tertiary/aromatic N) is 1. The van der Waals surface area contributed by atoms with E-state index >= 15 is 0 Å². The molecule has 1 aliphatic heterocycles. The van der Waals surface area contributed by atoms with Crippen LogP contribution >= 0.6 is 12.2 Å². The fourth-order valence-corrected chi connectivity index (χ4v) is 1.83. The van der Waals surface area contributed by atoms with E-state index in [4.69, 9.17) is 18.0 Å². The maximum atomic E-state index is 5.56. The monoisotopic (exact) mass is 186 g/mol. The molecule has 0 bridgehead atoms. The van der Waals surface area contributed by atoms with Crippen LogP contribution in [0.3, 0.4) is 0 Å². The summed E-state index contributed by atoms with van der Waals surface area (Å²) in [5.41, 5.74) is 5.95. The molecule has 1 saturated heterocycles. The van der Waals surface area contributed by atoms with Crippen LogP contribution in [-0.4, -0.2) is 23.1 Å². The first-order chi connectivity index (χ1) is 5.41. The predicted molar refractivity (Wildman–Crippen MR) is 55.9 cm³/mol. The van der Waals surface area contributed by atoms with E-state index in [1.165, 1.54) is 6.42 Å². The lowest BCUT2D eigenvalue weighted by molar-refractivity contribution is 0.251. The van der Waals surface area contributed by atoms with E-state index in [0.29, 0.717) is 10.5 Å². The van der Waals surface area contributed by atoms with Crippen molar-refractivity contribution in [1.29, 1.82) is 0 Å². The summed E-state index contributed by atoms with van der Waals surface area (Å²) >= 11 is 4.93. The Morgan fingerprint density at radius 1 is 1.50 bits per heavy atom. The first-order valence-corrected chi connectivity index (χ1v) is 4.86. The zero-order chi connectivity index (χ0) is 9.35. The average Bonchev–Trinajstić information content (AvgIpc) is 2.30. The SMILES string of the molecule is CC(C)(C)C1CCN(C(N)=S)C1. The molecule has 0 saturated carbocycles. The highest BCUT2D eigenvalue weighted by molar-refractivity contribution is 7.80. The van der Waals surface area contributed by atoms with Gasteiger partial charge in [-0.1, -0.05) is 20.8 Å². The Labute approximate surface area is 80.1 Å². The molecule has 0 aromatic heterocycles. The fraction of sp³-hybridized carbons (Fsp3) is 0.889. The van der Waals surface area contributed by atoms with E-state index in [0.717, 1.165) is 19.0 Å². The third kappa shape index (κ3) is 2.09. The van der Waals surface area contributed by atoms with Crippen molar-refractivity contribution in [1.82, 2.24) is 4.90 Å². The van der Waals surface area contributed by atoms with Crippen LogP contribution in [0.25, 0.3) is 0 Å². The molecule has 0 spiro atoms. The van der Waals surface area contributed by atoms with Gasteiger partial charge in [-0.3, -0.25) is 0 Å². The number of hydrogen-bond acceptors (Lipinski definition) is 1. The van der Waals surface area contributed by atoms with Gasteiger partial charge in [-0.05, 0) is 30.0 Å². The third-order valence-electron chi connectivity index (χ3n) is 2.72. The quantitative estimate of drug-likeness (QED) is 0.583. The van der Waals surface area contributed by atoms with Crippen LogP contribution in [-0.2, 0) is 0 Å². The minimum absolute atomic E-state index is 0.388. The Kier molecular flexibility index (Phi) is 2.61. The van der Waals surface area contributed by atoms with Crippen LogP contribution in [0, 0.1) is 11.3 Å². The molecule has 1 aliphatic rings. The molecule has 12 heavy (non-hydrogen) atoms. The van der Waals surface area contributed by atoms with Gasteiger partial charge in [-0.15, -0.1) is 0 Å². The van der Waals surface area contributed by atoms with Crippen molar-refractivity contribution in [3.8, 4) is 0 Å². The van der Waals surface area contributed by atoms with Crippen molar-refractivity contribution in [2.45, 2.75) is 27.2 Å². The molecule has 2 N–H and O–H groups in total. The lowest BCUT2D eigenvalue weighted by Crippen LogP contribution is -2.34. The van der Waals surface area contributed by atoms with Crippen molar-refractivity contribution in [2.24, 2.45) is 17.1 Å². The zero-order valence-electron chi connectivity index (χ0n) is 8.13. The van der Waals surface area contributed by atoms with Crippen molar-refractivity contribution >= 4 is 17.3 Å². The van der Waals surface area contributed by atoms with Crippen molar-refractivity contribution in [2.75, 3.05) is 13.1 Å². The van der Waals surface area contributed by atoms with Crippen molar-refractivity contribution < 1.29 is 0 Å². The second-order valence-corrected chi connectivity index (χ2v) is 5.05. The summed E-state index contributed by atoms with van der Waals surface area (Å²) in [5.74, 6) is 0.735. The van der Waals surface area contributed by atoms with Crippen LogP contribution in [0.5, 0.6) is 0 Å². The lowest BCUT2D eigenvalue weighted by Gasteiger charge is -2.26. The molecule has 70 valence electrons. The van der Waals surface area contributed by atoms with E-state index in [1.54, 1.807) is 0 Å². The van der Waals surface area contributed by atoms with Gasteiger partial charge in [0.25, 0.3) is 0 Å². The standard InChI is InChI=1S/C9H18N2S/c1-9(2,3)7-4-5-11(6-7)8(10)12/h7H,4-6H2,1-3H3,(H2,10,12). The number of hydrogen-bond donors (Lipinski definition) is 1. The highest BCUT2D eigenvalue weighted by Crippen LogP contribution is 2.33. The van der Waals surface area contributed by atoms with Crippen molar-refractivity contribution in [3.63, 3.8) is 0 Å². The summed E-state index contributed by atoms with van der Waals surface area (Å²) in [6, 6.07) is 0. The van der Waals surface area contributed by atoms with Crippen molar-refractivity contribution in [3.05, 3.63) is 0 Å². The lowest BCUT2D eigenvalue weighted by atomic mass is 9.80. The molecule has 0 aromatic carbocycles. The van der Waals surface area contributed by atoms with Gasteiger partial charge in [0.1, 0.15) is 0 Å². The smallest absolute Gasteiger partial charge is 0.166 e. The van der Waals surface area contributed by atoms with Crippen LogP contribution in [0.2, 0.25) is 0 Å². The number of nitrogens with two attached hydrogens (primary N) is 1. The number of rotatable bonds is 0. The summed E-state index contributed by atoms with van der Waals surface area (Å²) in [4.78, 5) is 2.10. The molecule has 1 atom stereocenters. The van der Waals surface area contributed by atoms with Crippen LogP contribution in [0.15, 0.2) is 0 Å². The first kappa shape index (κ1) is 9.78. The van der Waals surface area contributed by atoms with E-state index in [9.17, 15) is 0 Å². The largest absolute Gasteiger partial charge is 0.376 e. The molecule has 1 rings (SSSR count). The van der Waals surface area contributed by atoms with Gasteiger partial charge in [0, 0.05) is 13.1 Å². The maximum Gasteiger partial charge on any atom is 0.166 e. The van der Waals surface area contributed by atoms with Crippen LogP contribution < -0.4 is 5.73 Å². The van der Waals surface area contributed by atoms with E-state index < -0.39 is 0 Å². The second-order valence-electron chi connectivity index (χ2n) is 4.64. The van der Waals surface area contributed by atoms with Gasteiger partial charge >= 0.3 is 0 Å². The maximum absolute atomic E-state index is 5.56. The summed E-state index contributed by atoms with van der Waals surface area (Å²) in [6.45, 7) is 8.91. The molecular weight excluding hydrogens is 168 g/mol. The molecule has 1 unspecified atom stereocenters. The second kappa shape index (κ2) is 3.21. The Balaban J connectivity index is 2.51. The normalized spacial score (nSPS) is 24.6. The summed E-state index contributed by atoms with van der Waals surface area (Å²) < 4.78 is 0. The van der Waals surface area contributed by atoms with Gasteiger partial charge in [0.05, 0.1) is 0 Å². The van der Waals surface area contributed by atoms with E-state index in [-0.39, 0.29) is 0 Å². The predicted octanol–water partition coefficient (Wildman–Crippen LogP) is 1.60. The average molecular weight is 186 g/mol. The molecule has 1 fully saturated rings. The number of thiocarbonyl (C=S) groups is 1. The molecule has 0 aromatic rings. The minimum Gasteiger partial charge on any atom is -0.376 e. The highest BCUT2D eigenvalue weighted by atomic mass is 32.1. The number of likely N-dealkylation sites (tertiary alicyclic amines) is 1. The Hall–Kier alpha value is -0.310. The molecule has 1 heterocycles. The summed E-state index contributed by atoms with van der Waals surface area (Å²) in [5, 5.41) is 0.557. The van der Waals surface area contributed by atoms with E-state index in [2.05, 4.69) is 25.7 Å². The third-order valence-corrected chi connectivity index (χ3v) is 2.98. The van der Waals surface area contributed by atoms with Gasteiger partial charge in [-0.25, -0.2) is 0 Å². The Morgan fingerprint density at radius 2 is 2.08 bits per heavy atom. The van der Waals surface area contributed by atoms with Gasteiger partial charge in [0.15, 0.2) is 5.11 Å². The van der Waals surface area contributed by atoms with Gasteiger partial charge in [-0.2, -0.15) is 0 Å². The molecule has 0 aliphatic carbocycles. The fourth-order valence-electron chi connectivity index (χ4n) is 1.67. The first-order valence-electron chi connectivity index (χ1n) is 4.45. The van der Waals surface area contributed by atoms with Crippen LogP contribution in [0.4, 0.5) is 0 Å². The summed E-state index contributed by atoms with van der Waals surface area (Å²) in [6.07, 6.45) is 1.22. The zero-order valence-corrected chi connectivity index (χ0v) is 8.95. The molecule has 2 nitrogen and oxygen atoms in total. The topological polar surface area (TPSA) is 29.3 Å². The summed E-state index contributed by atoms with van der Waals surface area (Å²) in [7, 11) is 0. The van der Waals surface area contributed by atoms with Crippen LogP contribution in [0.1, 0.15) is 27.2 Å². The Morgan fingerprint density at radius 3 is 2.33 bits per heavy atom. The minimum atomic E-state index is 0.388. The molecule has 0 amide bonds. The molecular formula is C9H18N2S. The molecule has 3 heteroatoms.